The van der Waals surface area contributed by atoms with Crippen molar-refractivity contribution in [2.24, 2.45) is 5.92 Å². The van der Waals surface area contributed by atoms with E-state index in [2.05, 4.69) is 4.94 Å². The molecule has 0 amide bonds. The summed E-state index contributed by atoms with van der Waals surface area (Å²) < 4.78 is 11.3. The maximum absolute atomic E-state index is 11.3. The third-order valence-corrected chi connectivity index (χ3v) is 2.57. The van der Waals surface area contributed by atoms with Crippen LogP contribution in [0.5, 0.6) is 0 Å². The molecule has 1 aliphatic carbocycles. The van der Waals surface area contributed by atoms with Crippen LogP contribution in [0.2, 0.25) is 0 Å². The highest BCUT2D eigenvalue weighted by molar-refractivity contribution is 5.68. The van der Waals surface area contributed by atoms with Crippen LogP contribution in [0.4, 0.5) is 4.53 Å². The van der Waals surface area contributed by atoms with E-state index in [1.54, 1.807) is 0 Å². The zero-order valence-electron chi connectivity index (χ0n) is 7.22. The Morgan fingerprint density at radius 3 is 2.58 bits per heavy atom. The number of hydrogen-bond acceptors (Lipinski definition) is 2. The molecule has 70 valence electrons. The summed E-state index contributed by atoms with van der Waals surface area (Å²) in [6.45, 7) is 0. The van der Waals surface area contributed by atoms with Gasteiger partial charge < -0.3 is 0 Å². The number of halogens is 1. The molecule has 0 unspecified atom stereocenters. The van der Waals surface area contributed by atoms with Crippen molar-refractivity contribution in [3.05, 3.63) is 0 Å². The molecule has 0 saturated heterocycles. The van der Waals surface area contributed by atoms with Crippen molar-refractivity contribution in [3.8, 4) is 0 Å². The van der Waals surface area contributed by atoms with Gasteiger partial charge in [0.15, 0.2) is 0 Å². The highest BCUT2D eigenvalue weighted by Crippen LogP contribution is 2.27. The Morgan fingerprint density at radius 1 is 1.33 bits per heavy atom. The van der Waals surface area contributed by atoms with Gasteiger partial charge in [0, 0.05) is 10.9 Å². The van der Waals surface area contributed by atoms with Crippen molar-refractivity contribution < 1.29 is 14.3 Å². The van der Waals surface area contributed by atoms with Crippen LogP contribution in [0.1, 0.15) is 44.9 Å². The van der Waals surface area contributed by atoms with E-state index in [-0.39, 0.29) is 6.42 Å². The third kappa shape index (κ3) is 3.20. The maximum Gasteiger partial charge on any atom is 0.348 e. The molecule has 0 aromatic heterocycles. The van der Waals surface area contributed by atoms with Gasteiger partial charge in [-0.15, -0.1) is 0 Å². The van der Waals surface area contributed by atoms with E-state index in [1.165, 1.54) is 32.1 Å². The first kappa shape index (κ1) is 9.49. The first-order valence-corrected chi connectivity index (χ1v) is 4.64. The minimum atomic E-state index is -0.722. The molecule has 0 spiro atoms. The van der Waals surface area contributed by atoms with Gasteiger partial charge in [-0.3, -0.25) is 4.94 Å². The van der Waals surface area contributed by atoms with Crippen LogP contribution in [0.15, 0.2) is 0 Å². The van der Waals surface area contributed by atoms with Crippen LogP contribution >= 0.6 is 0 Å². The van der Waals surface area contributed by atoms with Crippen LogP contribution in [0, 0.1) is 5.92 Å². The van der Waals surface area contributed by atoms with Gasteiger partial charge in [0.25, 0.3) is 0 Å². The largest absolute Gasteiger partial charge is 0.348 e. The average molecular weight is 174 g/mol. The quantitative estimate of drug-likeness (QED) is 0.657. The Bertz CT molecular complexity index is 141. The lowest BCUT2D eigenvalue weighted by Gasteiger charge is -2.20. The second-order valence-electron chi connectivity index (χ2n) is 3.49. The van der Waals surface area contributed by atoms with Gasteiger partial charge in [-0.2, -0.15) is 0 Å². The SMILES string of the molecule is O=C(CCC1CCCCC1)OF. The molecule has 1 saturated carbocycles. The zero-order chi connectivity index (χ0) is 8.81. The van der Waals surface area contributed by atoms with Crippen LogP contribution in [-0.4, -0.2) is 5.97 Å². The van der Waals surface area contributed by atoms with Crippen molar-refractivity contribution in [3.63, 3.8) is 0 Å². The van der Waals surface area contributed by atoms with Crippen molar-refractivity contribution in [2.75, 3.05) is 0 Å². The minimum absolute atomic E-state index is 0.237. The smallest absolute Gasteiger partial charge is 0.255 e. The molecule has 0 aliphatic heterocycles. The van der Waals surface area contributed by atoms with Gasteiger partial charge in [-0.25, -0.2) is 4.79 Å². The number of carbonyl (C=O) groups is 1. The molecule has 1 aliphatic rings. The van der Waals surface area contributed by atoms with E-state index in [4.69, 9.17) is 0 Å². The lowest BCUT2D eigenvalue weighted by atomic mass is 9.86. The molecule has 0 atom stereocenters. The molecule has 0 N–H and O–H groups in total. The van der Waals surface area contributed by atoms with Crippen molar-refractivity contribution in [1.82, 2.24) is 0 Å². The highest BCUT2D eigenvalue weighted by atomic mass is 19.3. The fraction of sp³-hybridized carbons (Fsp3) is 0.889. The molecule has 1 rings (SSSR count). The summed E-state index contributed by atoms with van der Waals surface area (Å²) in [6.07, 6.45) is 7.25. The fourth-order valence-corrected chi connectivity index (χ4v) is 1.84. The van der Waals surface area contributed by atoms with Crippen molar-refractivity contribution in [1.29, 1.82) is 0 Å². The number of rotatable bonds is 3. The van der Waals surface area contributed by atoms with Crippen molar-refractivity contribution in [2.45, 2.75) is 44.9 Å². The molecule has 0 bridgehead atoms. The molecule has 0 aromatic carbocycles. The molecule has 0 radical (unpaired) electrons. The van der Waals surface area contributed by atoms with Gasteiger partial charge in [0.1, 0.15) is 0 Å². The normalized spacial score (nSPS) is 19.1. The summed E-state index contributed by atoms with van der Waals surface area (Å²) in [4.78, 5) is 13.6. The van der Waals surface area contributed by atoms with E-state index < -0.39 is 5.97 Å². The predicted molar refractivity (Wildman–Crippen MR) is 43.0 cm³/mol. The van der Waals surface area contributed by atoms with Crippen LogP contribution < -0.4 is 0 Å². The van der Waals surface area contributed by atoms with Gasteiger partial charge in [-0.05, 0) is 12.3 Å². The molecule has 2 nitrogen and oxygen atoms in total. The first-order valence-electron chi connectivity index (χ1n) is 4.64. The first-order chi connectivity index (χ1) is 5.83. The Kier molecular flexibility index (Phi) is 4.05. The van der Waals surface area contributed by atoms with E-state index in [9.17, 15) is 9.32 Å². The van der Waals surface area contributed by atoms with Crippen LogP contribution in [-0.2, 0) is 9.74 Å². The molecule has 1 fully saturated rings. The third-order valence-electron chi connectivity index (χ3n) is 2.57. The second-order valence-corrected chi connectivity index (χ2v) is 3.49. The molecule has 0 heterocycles. The molecule has 12 heavy (non-hydrogen) atoms. The summed E-state index contributed by atoms with van der Waals surface area (Å²) in [5.41, 5.74) is 0. The van der Waals surface area contributed by atoms with Gasteiger partial charge in [0.2, 0.25) is 0 Å². The lowest BCUT2D eigenvalue weighted by molar-refractivity contribution is -0.184. The maximum atomic E-state index is 11.3. The Morgan fingerprint density at radius 2 is 2.00 bits per heavy atom. The number of carbonyl (C=O) groups excluding carboxylic acids is 1. The topological polar surface area (TPSA) is 26.3 Å². The van der Waals surface area contributed by atoms with Gasteiger partial charge in [0.05, 0.1) is 0 Å². The lowest BCUT2D eigenvalue weighted by Crippen LogP contribution is -2.08. The standard InChI is InChI=1S/C9H15FO2/c10-12-9(11)7-6-8-4-2-1-3-5-8/h8H,1-7H2. The van der Waals surface area contributed by atoms with Gasteiger partial charge >= 0.3 is 5.97 Å². The van der Waals surface area contributed by atoms with Crippen LogP contribution in [0.3, 0.4) is 0 Å². The second kappa shape index (κ2) is 5.12. The van der Waals surface area contributed by atoms with Crippen LogP contribution in [0.25, 0.3) is 0 Å². The molecular formula is C9H15FO2. The molecule has 0 aromatic rings. The zero-order valence-corrected chi connectivity index (χ0v) is 7.22. The summed E-state index contributed by atoms with van der Waals surface area (Å²) in [5.74, 6) is -0.0987. The van der Waals surface area contributed by atoms with E-state index in [1.807, 2.05) is 0 Å². The van der Waals surface area contributed by atoms with E-state index >= 15 is 0 Å². The Hall–Kier alpha value is -0.600. The van der Waals surface area contributed by atoms with Gasteiger partial charge in [-0.1, -0.05) is 32.1 Å². The summed E-state index contributed by atoms with van der Waals surface area (Å²) in [6, 6.07) is 0. The summed E-state index contributed by atoms with van der Waals surface area (Å²) in [7, 11) is 0. The Labute approximate surface area is 72.0 Å². The predicted octanol–water partition coefficient (Wildman–Crippen LogP) is 2.77. The van der Waals surface area contributed by atoms with E-state index in [0.29, 0.717) is 5.92 Å². The number of hydrogen-bond donors (Lipinski definition) is 0. The van der Waals surface area contributed by atoms with E-state index in [0.717, 1.165) is 6.42 Å². The fourth-order valence-electron chi connectivity index (χ4n) is 1.84. The van der Waals surface area contributed by atoms with Crippen molar-refractivity contribution >= 4 is 5.97 Å². The molecule has 3 heteroatoms. The average Bonchev–Trinajstić information content (AvgIpc) is 2.16. The summed E-state index contributed by atoms with van der Waals surface area (Å²) in [5, 5.41) is 0. The highest BCUT2D eigenvalue weighted by Gasteiger charge is 2.15. The minimum Gasteiger partial charge on any atom is -0.255 e. The Balaban J connectivity index is 2.09. The summed E-state index contributed by atoms with van der Waals surface area (Å²) >= 11 is 0. The monoisotopic (exact) mass is 174 g/mol. The molecular weight excluding hydrogens is 159 g/mol.